The van der Waals surface area contributed by atoms with Gasteiger partial charge in [0.05, 0.1) is 29.7 Å². The van der Waals surface area contributed by atoms with Crippen molar-refractivity contribution in [2.45, 2.75) is 32.2 Å². The molecule has 1 saturated heterocycles. The lowest BCUT2D eigenvalue weighted by Crippen LogP contribution is -2.37. The zero-order valence-corrected chi connectivity index (χ0v) is 23.2. The Morgan fingerprint density at radius 1 is 1.02 bits per heavy atom. The van der Waals surface area contributed by atoms with Crippen molar-refractivity contribution in [3.63, 3.8) is 0 Å². The molecule has 2 aliphatic heterocycles. The minimum absolute atomic E-state index is 0.293. The monoisotopic (exact) mass is 549 g/mol. The van der Waals surface area contributed by atoms with Crippen LogP contribution in [0.1, 0.15) is 31.9 Å². The smallest absolute Gasteiger partial charge is 0.135 e. The van der Waals surface area contributed by atoms with Gasteiger partial charge in [-0.05, 0) is 80.9 Å². The fourth-order valence-electron chi connectivity index (χ4n) is 5.87. The second kappa shape index (κ2) is 10.5. The lowest BCUT2D eigenvalue weighted by Gasteiger charge is -2.31. The predicted octanol–water partition coefficient (Wildman–Crippen LogP) is 6.06. The summed E-state index contributed by atoms with van der Waals surface area (Å²) < 4.78 is 19.6. The summed E-state index contributed by atoms with van der Waals surface area (Å²) in [6.07, 6.45) is 9.96. The number of nitrogens with zero attached hydrogens (tertiary/aromatic N) is 4. The van der Waals surface area contributed by atoms with E-state index in [9.17, 15) is 4.39 Å². The van der Waals surface area contributed by atoms with E-state index in [-0.39, 0.29) is 5.82 Å². The Labute approximate surface area is 237 Å². The number of allylic oxidation sites excluding steroid dienone is 2. The molecule has 0 amide bonds. The van der Waals surface area contributed by atoms with Crippen molar-refractivity contribution in [1.29, 1.82) is 0 Å². The Bertz CT molecular complexity index is 1810. The van der Waals surface area contributed by atoms with Crippen LogP contribution in [0, 0.1) is 5.82 Å². The first-order valence-corrected chi connectivity index (χ1v) is 14.1. The van der Waals surface area contributed by atoms with E-state index in [1.165, 1.54) is 57.2 Å². The van der Waals surface area contributed by atoms with Crippen LogP contribution in [0.4, 0.5) is 4.39 Å². The van der Waals surface area contributed by atoms with Crippen LogP contribution in [0.2, 0.25) is 0 Å². The van der Waals surface area contributed by atoms with Gasteiger partial charge in [0.15, 0.2) is 0 Å². The summed E-state index contributed by atoms with van der Waals surface area (Å²) in [5.74, 6) is 0.0663. The SMILES string of the molecule is COc1cc(F)cc(-c2nccc3[nH]c(-c4n[nH]c5ccc(C6=CNC(C)C(CN7CCCCC7)=C6)nc45)cc23)c1. The number of nitrogens with one attached hydrogen (secondary N) is 3. The summed E-state index contributed by atoms with van der Waals surface area (Å²) in [5.41, 5.74) is 8.66. The van der Waals surface area contributed by atoms with Gasteiger partial charge in [0.2, 0.25) is 0 Å². The molecule has 41 heavy (non-hydrogen) atoms. The number of hydrogen-bond acceptors (Lipinski definition) is 6. The number of hydrogen-bond donors (Lipinski definition) is 3. The fraction of sp³-hybridized carbons (Fsp3) is 0.281. The van der Waals surface area contributed by atoms with Gasteiger partial charge in [-0.2, -0.15) is 5.10 Å². The Hall–Kier alpha value is -4.50. The van der Waals surface area contributed by atoms with Gasteiger partial charge in [-0.1, -0.05) is 6.42 Å². The number of H-pyrrole nitrogens is 2. The van der Waals surface area contributed by atoms with Gasteiger partial charge in [-0.3, -0.25) is 15.0 Å². The zero-order chi connectivity index (χ0) is 27.9. The molecule has 5 aromatic rings. The molecule has 9 heteroatoms. The number of dihydropyridines is 1. The minimum atomic E-state index is -0.377. The predicted molar refractivity (Wildman–Crippen MR) is 160 cm³/mol. The van der Waals surface area contributed by atoms with Crippen LogP contribution in [-0.4, -0.2) is 62.8 Å². The number of methoxy groups -OCH3 is 1. The van der Waals surface area contributed by atoms with Gasteiger partial charge in [0.1, 0.15) is 22.8 Å². The third kappa shape index (κ3) is 4.86. The standard InChI is InChI=1S/C32H32FN7O/c1-19-22(18-40-10-4-3-5-11-40)12-21(17-35-19)26-6-7-28-31(37-26)32(39-38-28)29-16-25-27(36-29)8-9-34-30(25)20-13-23(33)15-24(14-20)41-2/h6-9,12-17,19,35-36H,3-5,10-11,18H2,1-2H3,(H,38,39). The first-order valence-electron chi connectivity index (χ1n) is 14.1. The second-order valence-corrected chi connectivity index (χ2v) is 10.9. The normalized spacial score (nSPS) is 17.9. The van der Waals surface area contributed by atoms with Crippen LogP contribution in [-0.2, 0) is 0 Å². The van der Waals surface area contributed by atoms with E-state index in [0.29, 0.717) is 23.0 Å². The first-order chi connectivity index (χ1) is 20.1. The van der Waals surface area contributed by atoms with E-state index in [4.69, 9.17) is 9.72 Å². The molecular weight excluding hydrogens is 517 g/mol. The zero-order valence-electron chi connectivity index (χ0n) is 23.2. The lowest BCUT2D eigenvalue weighted by molar-refractivity contribution is 0.242. The average Bonchev–Trinajstić information content (AvgIpc) is 3.62. The molecule has 1 unspecified atom stereocenters. The highest BCUT2D eigenvalue weighted by Gasteiger charge is 2.21. The minimum Gasteiger partial charge on any atom is -0.497 e. The second-order valence-electron chi connectivity index (χ2n) is 10.9. The Morgan fingerprint density at radius 3 is 2.76 bits per heavy atom. The number of rotatable bonds is 6. The summed E-state index contributed by atoms with van der Waals surface area (Å²) in [4.78, 5) is 15.7. The number of ether oxygens (including phenoxy) is 1. The number of fused-ring (bicyclic) bond motifs is 2. The molecule has 6 heterocycles. The topological polar surface area (TPSA) is 94.8 Å². The highest BCUT2D eigenvalue weighted by molar-refractivity contribution is 5.99. The average molecular weight is 550 g/mol. The Balaban J connectivity index is 1.25. The van der Waals surface area contributed by atoms with Gasteiger partial charge in [0.25, 0.3) is 0 Å². The molecule has 1 aromatic carbocycles. The van der Waals surface area contributed by atoms with E-state index in [1.807, 2.05) is 24.3 Å². The number of halogens is 1. The van der Waals surface area contributed by atoms with Crippen molar-refractivity contribution in [2.24, 2.45) is 0 Å². The van der Waals surface area contributed by atoms with Crippen LogP contribution >= 0.6 is 0 Å². The Kier molecular flexibility index (Phi) is 6.51. The molecule has 1 fully saturated rings. The number of benzene rings is 1. The first kappa shape index (κ1) is 25.5. The fourth-order valence-corrected chi connectivity index (χ4v) is 5.87. The van der Waals surface area contributed by atoms with E-state index >= 15 is 0 Å². The summed E-state index contributed by atoms with van der Waals surface area (Å²) >= 11 is 0. The summed E-state index contributed by atoms with van der Waals surface area (Å²) in [6, 6.07) is 12.9. The summed E-state index contributed by atoms with van der Waals surface area (Å²) in [6.45, 7) is 5.53. The Morgan fingerprint density at radius 2 is 1.90 bits per heavy atom. The van der Waals surface area contributed by atoms with Gasteiger partial charge in [-0.15, -0.1) is 0 Å². The molecule has 4 aromatic heterocycles. The van der Waals surface area contributed by atoms with Crippen molar-refractivity contribution in [1.82, 2.24) is 35.4 Å². The van der Waals surface area contributed by atoms with E-state index in [1.54, 1.807) is 12.3 Å². The van der Waals surface area contributed by atoms with Crippen LogP contribution in [0.25, 0.3) is 50.2 Å². The maximum atomic E-state index is 14.3. The molecule has 3 N–H and O–H groups in total. The number of piperidine rings is 1. The van der Waals surface area contributed by atoms with Gasteiger partial charge in [-0.25, -0.2) is 9.37 Å². The quantitative estimate of drug-likeness (QED) is 0.238. The molecule has 208 valence electrons. The van der Waals surface area contributed by atoms with Crippen molar-refractivity contribution >= 4 is 27.5 Å². The van der Waals surface area contributed by atoms with E-state index < -0.39 is 0 Å². The largest absolute Gasteiger partial charge is 0.497 e. The van der Waals surface area contributed by atoms with Crippen molar-refractivity contribution < 1.29 is 9.13 Å². The molecule has 0 saturated carbocycles. The lowest BCUT2D eigenvalue weighted by atomic mass is 9.98. The number of likely N-dealkylation sites (tertiary alicyclic amines) is 1. The van der Waals surface area contributed by atoms with Gasteiger partial charge in [0, 0.05) is 53.1 Å². The molecule has 8 nitrogen and oxygen atoms in total. The summed E-state index contributed by atoms with van der Waals surface area (Å²) in [5, 5.41) is 12.2. The summed E-state index contributed by atoms with van der Waals surface area (Å²) in [7, 11) is 1.52. The molecule has 7 rings (SSSR count). The van der Waals surface area contributed by atoms with E-state index in [2.05, 4.69) is 49.6 Å². The van der Waals surface area contributed by atoms with Crippen LogP contribution < -0.4 is 10.1 Å². The van der Waals surface area contributed by atoms with Crippen molar-refractivity contribution in [3.05, 3.63) is 78.0 Å². The molecule has 0 bridgehead atoms. The molecule has 1 atom stereocenters. The van der Waals surface area contributed by atoms with Gasteiger partial charge < -0.3 is 15.0 Å². The molecule has 0 radical (unpaired) electrons. The molecule has 0 aliphatic carbocycles. The number of pyridine rings is 2. The van der Waals surface area contributed by atoms with E-state index in [0.717, 1.165) is 51.1 Å². The third-order valence-corrected chi connectivity index (χ3v) is 8.13. The highest BCUT2D eigenvalue weighted by atomic mass is 19.1. The third-order valence-electron chi connectivity index (χ3n) is 8.13. The maximum Gasteiger partial charge on any atom is 0.135 e. The molecule has 2 aliphatic rings. The van der Waals surface area contributed by atoms with Crippen LogP contribution in [0.3, 0.4) is 0 Å². The van der Waals surface area contributed by atoms with Crippen molar-refractivity contribution in [3.8, 4) is 28.4 Å². The number of aromatic amines is 2. The highest BCUT2D eigenvalue weighted by Crippen LogP contribution is 2.34. The van der Waals surface area contributed by atoms with Crippen molar-refractivity contribution in [2.75, 3.05) is 26.7 Å². The molecule has 0 spiro atoms. The number of aromatic nitrogens is 5. The molecular formula is C32H32FN7O. The maximum absolute atomic E-state index is 14.3. The van der Waals surface area contributed by atoms with Crippen LogP contribution in [0.5, 0.6) is 5.75 Å². The van der Waals surface area contributed by atoms with Crippen LogP contribution in [0.15, 0.2) is 66.5 Å². The van der Waals surface area contributed by atoms with Gasteiger partial charge >= 0.3 is 0 Å².